The van der Waals surface area contributed by atoms with Gasteiger partial charge in [-0.05, 0) is 48.5 Å². The fourth-order valence-electron chi connectivity index (χ4n) is 2.28. The zero-order valence-corrected chi connectivity index (χ0v) is 14.1. The van der Waals surface area contributed by atoms with Crippen molar-refractivity contribution >= 4 is 28.9 Å². The summed E-state index contributed by atoms with van der Waals surface area (Å²) >= 11 is 5.85. The number of nitrogens with one attached hydrogen (secondary N) is 1. The fourth-order valence-corrected chi connectivity index (χ4v) is 2.45. The standard InChI is InChI=1S/C19H13ClN2O4/c20-13-6-11-18(22(24)25)17(12-13)19(23)21-14-7-9-16(10-8-14)26-15-4-2-1-3-5-15/h1-12H,(H,21,23). The van der Waals surface area contributed by atoms with Gasteiger partial charge in [-0.25, -0.2) is 0 Å². The molecule has 0 aliphatic heterocycles. The van der Waals surface area contributed by atoms with E-state index in [4.69, 9.17) is 16.3 Å². The average molecular weight is 369 g/mol. The van der Waals surface area contributed by atoms with E-state index in [1.165, 1.54) is 18.2 Å². The van der Waals surface area contributed by atoms with Gasteiger partial charge in [0.25, 0.3) is 11.6 Å². The van der Waals surface area contributed by atoms with E-state index < -0.39 is 10.8 Å². The fraction of sp³-hybridized carbons (Fsp3) is 0. The molecule has 0 saturated carbocycles. The van der Waals surface area contributed by atoms with Gasteiger partial charge in [0, 0.05) is 16.8 Å². The first kappa shape index (κ1) is 17.4. The number of ether oxygens (including phenoxy) is 1. The molecule has 0 unspecified atom stereocenters. The van der Waals surface area contributed by atoms with Gasteiger partial charge >= 0.3 is 0 Å². The summed E-state index contributed by atoms with van der Waals surface area (Å²) in [5.74, 6) is 0.678. The molecule has 0 atom stereocenters. The van der Waals surface area contributed by atoms with Crippen molar-refractivity contribution in [1.82, 2.24) is 0 Å². The van der Waals surface area contributed by atoms with E-state index in [9.17, 15) is 14.9 Å². The number of para-hydroxylation sites is 1. The largest absolute Gasteiger partial charge is 0.457 e. The van der Waals surface area contributed by atoms with Crippen molar-refractivity contribution in [2.45, 2.75) is 0 Å². The van der Waals surface area contributed by atoms with Gasteiger partial charge in [-0.3, -0.25) is 14.9 Å². The monoisotopic (exact) mass is 368 g/mol. The van der Waals surface area contributed by atoms with Crippen LogP contribution in [0.5, 0.6) is 11.5 Å². The normalized spacial score (nSPS) is 10.2. The molecule has 6 nitrogen and oxygen atoms in total. The Balaban J connectivity index is 1.74. The van der Waals surface area contributed by atoms with Gasteiger partial charge in [-0.2, -0.15) is 0 Å². The van der Waals surface area contributed by atoms with Crippen LogP contribution < -0.4 is 10.1 Å². The molecule has 0 aliphatic carbocycles. The maximum atomic E-state index is 12.4. The summed E-state index contributed by atoms with van der Waals surface area (Å²) in [5.41, 5.74) is 0.0627. The molecule has 0 aliphatic rings. The highest BCUT2D eigenvalue weighted by Gasteiger charge is 2.20. The van der Waals surface area contributed by atoms with E-state index in [0.29, 0.717) is 17.2 Å². The Morgan fingerprint density at radius 3 is 2.27 bits per heavy atom. The number of amides is 1. The smallest absolute Gasteiger partial charge is 0.282 e. The second kappa shape index (κ2) is 7.67. The molecule has 0 saturated heterocycles. The van der Waals surface area contributed by atoms with Crippen LogP contribution in [0.2, 0.25) is 5.02 Å². The maximum Gasteiger partial charge on any atom is 0.282 e. The van der Waals surface area contributed by atoms with Crippen molar-refractivity contribution < 1.29 is 14.5 Å². The third-order valence-corrected chi connectivity index (χ3v) is 3.73. The summed E-state index contributed by atoms with van der Waals surface area (Å²) < 4.78 is 5.67. The third kappa shape index (κ3) is 4.17. The Hall–Kier alpha value is -3.38. The van der Waals surface area contributed by atoms with Crippen LogP contribution in [-0.2, 0) is 0 Å². The molecule has 3 rings (SSSR count). The second-order valence-corrected chi connectivity index (χ2v) is 5.75. The van der Waals surface area contributed by atoms with E-state index in [2.05, 4.69) is 5.32 Å². The molecule has 0 radical (unpaired) electrons. The van der Waals surface area contributed by atoms with Crippen LogP contribution in [0.25, 0.3) is 0 Å². The van der Waals surface area contributed by atoms with Crippen LogP contribution in [0.1, 0.15) is 10.4 Å². The third-order valence-electron chi connectivity index (χ3n) is 3.49. The van der Waals surface area contributed by atoms with E-state index >= 15 is 0 Å². The highest BCUT2D eigenvalue weighted by molar-refractivity contribution is 6.31. The summed E-state index contributed by atoms with van der Waals surface area (Å²) in [4.78, 5) is 22.8. The summed E-state index contributed by atoms with van der Waals surface area (Å²) in [6, 6.07) is 19.8. The minimum atomic E-state index is -0.623. The van der Waals surface area contributed by atoms with E-state index in [1.54, 1.807) is 24.3 Å². The number of nitro groups is 1. The number of hydrogen-bond acceptors (Lipinski definition) is 4. The lowest BCUT2D eigenvalue weighted by molar-refractivity contribution is -0.385. The number of carbonyl (C=O) groups excluding carboxylic acids is 1. The lowest BCUT2D eigenvalue weighted by atomic mass is 10.1. The number of rotatable bonds is 5. The summed E-state index contributed by atoms with van der Waals surface area (Å²) in [6.45, 7) is 0. The Labute approximate surface area is 154 Å². The molecule has 130 valence electrons. The number of hydrogen-bond donors (Lipinski definition) is 1. The number of nitrogens with zero attached hydrogens (tertiary/aromatic N) is 1. The quantitative estimate of drug-likeness (QED) is 0.489. The molecule has 26 heavy (non-hydrogen) atoms. The molecule has 0 spiro atoms. The van der Waals surface area contributed by atoms with E-state index in [-0.39, 0.29) is 16.3 Å². The maximum absolute atomic E-state index is 12.4. The molecule has 7 heteroatoms. The Morgan fingerprint density at radius 1 is 0.962 bits per heavy atom. The van der Waals surface area contributed by atoms with Crippen molar-refractivity contribution in [2.24, 2.45) is 0 Å². The minimum Gasteiger partial charge on any atom is -0.457 e. The molecule has 0 fully saturated rings. The molecular formula is C19H13ClN2O4. The van der Waals surface area contributed by atoms with Gasteiger partial charge in [0.15, 0.2) is 0 Å². The van der Waals surface area contributed by atoms with Crippen molar-refractivity contribution in [3.63, 3.8) is 0 Å². The molecule has 1 amide bonds. The van der Waals surface area contributed by atoms with E-state index in [1.807, 2.05) is 30.3 Å². The molecular weight excluding hydrogens is 356 g/mol. The predicted octanol–water partition coefficient (Wildman–Crippen LogP) is 5.29. The Bertz CT molecular complexity index is 944. The van der Waals surface area contributed by atoms with Crippen LogP contribution in [0.3, 0.4) is 0 Å². The number of nitro benzene ring substituents is 1. The van der Waals surface area contributed by atoms with Crippen molar-refractivity contribution in [2.75, 3.05) is 5.32 Å². The lowest BCUT2D eigenvalue weighted by Crippen LogP contribution is -2.13. The zero-order chi connectivity index (χ0) is 18.5. The van der Waals surface area contributed by atoms with E-state index in [0.717, 1.165) is 0 Å². The number of benzene rings is 3. The first-order chi connectivity index (χ1) is 12.5. The SMILES string of the molecule is O=C(Nc1ccc(Oc2ccccc2)cc1)c1cc(Cl)ccc1[N+](=O)[O-]. The van der Waals surface area contributed by atoms with Gasteiger partial charge in [-0.1, -0.05) is 29.8 Å². The molecule has 0 heterocycles. The topological polar surface area (TPSA) is 81.5 Å². The highest BCUT2D eigenvalue weighted by atomic mass is 35.5. The molecule has 3 aromatic rings. The number of halogens is 1. The lowest BCUT2D eigenvalue weighted by Gasteiger charge is -2.08. The molecule has 1 N–H and O–H groups in total. The Morgan fingerprint density at radius 2 is 1.62 bits per heavy atom. The summed E-state index contributed by atoms with van der Waals surface area (Å²) in [7, 11) is 0. The second-order valence-electron chi connectivity index (χ2n) is 5.31. The average Bonchev–Trinajstić information content (AvgIpc) is 2.64. The first-order valence-corrected chi connectivity index (χ1v) is 7.99. The van der Waals surface area contributed by atoms with Gasteiger partial charge in [0.1, 0.15) is 17.1 Å². The van der Waals surface area contributed by atoms with Crippen molar-refractivity contribution in [1.29, 1.82) is 0 Å². The van der Waals surface area contributed by atoms with Crippen LogP contribution in [0.4, 0.5) is 11.4 Å². The van der Waals surface area contributed by atoms with Gasteiger partial charge in [-0.15, -0.1) is 0 Å². The van der Waals surface area contributed by atoms with Crippen LogP contribution >= 0.6 is 11.6 Å². The molecule has 0 bridgehead atoms. The minimum absolute atomic E-state index is 0.105. The van der Waals surface area contributed by atoms with Crippen LogP contribution in [-0.4, -0.2) is 10.8 Å². The Kier molecular flexibility index (Phi) is 5.15. The predicted molar refractivity (Wildman–Crippen MR) is 99.0 cm³/mol. The van der Waals surface area contributed by atoms with Crippen LogP contribution in [0, 0.1) is 10.1 Å². The number of anilines is 1. The van der Waals surface area contributed by atoms with Gasteiger partial charge in [0.2, 0.25) is 0 Å². The van der Waals surface area contributed by atoms with Gasteiger partial charge in [0.05, 0.1) is 4.92 Å². The zero-order valence-electron chi connectivity index (χ0n) is 13.4. The van der Waals surface area contributed by atoms with Crippen molar-refractivity contribution in [3.8, 4) is 11.5 Å². The van der Waals surface area contributed by atoms with Crippen LogP contribution in [0.15, 0.2) is 72.8 Å². The molecule has 3 aromatic carbocycles. The highest BCUT2D eigenvalue weighted by Crippen LogP contribution is 2.25. The number of carbonyl (C=O) groups is 1. The van der Waals surface area contributed by atoms with Gasteiger partial charge < -0.3 is 10.1 Å². The first-order valence-electron chi connectivity index (χ1n) is 7.61. The summed E-state index contributed by atoms with van der Waals surface area (Å²) in [6.07, 6.45) is 0. The molecule has 0 aromatic heterocycles. The summed E-state index contributed by atoms with van der Waals surface area (Å²) in [5, 5.41) is 13.9. The van der Waals surface area contributed by atoms with Crippen molar-refractivity contribution in [3.05, 3.63) is 93.5 Å².